The van der Waals surface area contributed by atoms with E-state index in [1.807, 2.05) is 27.7 Å². The molecule has 1 aliphatic rings. The first-order valence-corrected chi connectivity index (χ1v) is 8.66. The monoisotopic (exact) mass is 306 g/mol. The van der Waals surface area contributed by atoms with Crippen LogP contribution < -0.4 is 5.14 Å². The second-order valence-electron chi connectivity index (χ2n) is 6.29. The lowest BCUT2D eigenvalue weighted by Crippen LogP contribution is -2.46. The zero-order chi connectivity index (χ0) is 15.6. The Balaban J connectivity index is 2.63. The highest BCUT2D eigenvalue weighted by molar-refractivity contribution is 7.89. The highest BCUT2D eigenvalue weighted by Crippen LogP contribution is 2.27. The summed E-state index contributed by atoms with van der Waals surface area (Å²) in [6.07, 6.45) is 1.97. The topological polar surface area (TPSA) is 89.7 Å². The van der Waals surface area contributed by atoms with Gasteiger partial charge in [0, 0.05) is 12.6 Å². The van der Waals surface area contributed by atoms with Gasteiger partial charge in [0.2, 0.25) is 10.0 Å². The fraction of sp³-hybridized carbons (Fsp3) is 0.923. The zero-order valence-corrected chi connectivity index (χ0v) is 13.6. The van der Waals surface area contributed by atoms with Crippen LogP contribution in [0.25, 0.3) is 0 Å². The molecule has 20 heavy (non-hydrogen) atoms. The van der Waals surface area contributed by atoms with Gasteiger partial charge in [0.05, 0.1) is 5.25 Å². The second-order valence-corrected chi connectivity index (χ2v) is 8.13. The first-order chi connectivity index (χ1) is 9.04. The molecule has 0 aromatic rings. The van der Waals surface area contributed by atoms with Crippen molar-refractivity contribution in [2.75, 3.05) is 6.54 Å². The Morgan fingerprint density at radius 2 is 1.75 bits per heavy atom. The van der Waals surface area contributed by atoms with Crippen molar-refractivity contribution < 1.29 is 17.9 Å². The molecule has 0 heterocycles. The number of hydrogen-bond donors (Lipinski definition) is 1. The van der Waals surface area contributed by atoms with Crippen LogP contribution in [0.4, 0.5) is 4.79 Å². The number of sulfonamides is 1. The molecule has 1 aliphatic carbocycles. The number of rotatable bonds is 3. The molecule has 7 heteroatoms. The van der Waals surface area contributed by atoms with Crippen LogP contribution in [0.2, 0.25) is 0 Å². The molecule has 1 saturated carbocycles. The molecule has 0 saturated heterocycles. The van der Waals surface area contributed by atoms with Crippen LogP contribution in [0.15, 0.2) is 0 Å². The SMILES string of the molecule is CCN(C(=O)OC(C)(C)C)C1CCC(S(N)(=O)=O)CC1. The van der Waals surface area contributed by atoms with Crippen LogP contribution >= 0.6 is 0 Å². The van der Waals surface area contributed by atoms with Gasteiger partial charge in [-0.05, 0) is 53.4 Å². The Labute approximate surface area is 121 Å². The summed E-state index contributed by atoms with van der Waals surface area (Å²) in [5.41, 5.74) is -0.525. The van der Waals surface area contributed by atoms with E-state index in [1.54, 1.807) is 4.90 Å². The van der Waals surface area contributed by atoms with E-state index in [0.29, 0.717) is 32.2 Å². The van der Waals surface area contributed by atoms with Crippen molar-refractivity contribution in [1.29, 1.82) is 0 Å². The highest BCUT2D eigenvalue weighted by Gasteiger charge is 2.33. The third-order valence-electron chi connectivity index (χ3n) is 3.52. The molecule has 0 aromatic heterocycles. The van der Waals surface area contributed by atoms with E-state index in [0.717, 1.165) is 0 Å². The van der Waals surface area contributed by atoms with Gasteiger partial charge in [0.25, 0.3) is 0 Å². The maximum absolute atomic E-state index is 12.1. The van der Waals surface area contributed by atoms with Crippen molar-refractivity contribution in [3.8, 4) is 0 Å². The maximum Gasteiger partial charge on any atom is 0.410 e. The van der Waals surface area contributed by atoms with Gasteiger partial charge in [0.15, 0.2) is 0 Å². The van der Waals surface area contributed by atoms with E-state index in [1.165, 1.54) is 0 Å². The van der Waals surface area contributed by atoms with E-state index in [4.69, 9.17) is 9.88 Å². The molecular formula is C13H26N2O4S. The molecule has 0 radical (unpaired) electrons. The standard InChI is InChI=1S/C13H26N2O4S/c1-5-15(12(16)19-13(2,3)4)10-6-8-11(9-7-10)20(14,17)18/h10-11H,5-9H2,1-4H3,(H2,14,17,18). The Hall–Kier alpha value is -0.820. The first kappa shape index (κ1) is 17.2. The summed E-state index contributed by atoms with van der Waals surface area (Å²) in [4.78, 5) is 13.8. The number of primary sulfonamides is 1. The normalized spacial score (nSPS) is 24.2. The maximum atomic E-state index is 12.1. The summed E-state index contributed by atoms with van der Waals surface area (Å²) in [5.74, 6) is 0. The Kier molecular flexibility index (Phi) is 5.43. The van der Waals surface area contributed by atoms with Crippen molar-refractivity contribution in [3.63, 3.8) is 0 Å². The number of nitrogens with zero attached hydrogens (tertiary/aromatic N) is 1. The summed E-state index contributed by atoms with van der Waals surface area (Å²) < 4.78 is 28.0. The smallest absolute Gasteiger partial charge is 0.410 e. The van der Waals surface area contributed by atoms with Gasteiger partial charge in [-0.2, -0.15) is 0 Å². The van der Waals surface area contributed by atoms with E-state index in [9.17, 15) is 13.2 Å². The summed E-state index contributed by atoms with van der Waals surface area (Å²) in [7, 11) is -3.47. The predicted octanol–water partition coefficient (Wildman–Crippen LogP) is 1.84. The fourth-order valence-electron chi connectivity index (χ4n) is 2.54. The Bertz CT molecular complexity index is 434. The van der Waals surface area contributed by atoms with Crippen molar-refractivity contribution >= 4 is 16.1 Å². The molecule has 0 unspecified atom stereocenters. The second kappa shape index (κ2) is 6.30. The molecule has 1 fully saturated rings. The van der Waals surface area contributed by atoms with Gasteiger partial charge in [-0.25, -0.2) is 18.4 Å². The predicted molar refractivity (Wildman–Crippen MR) is 77.8 cm³/mol. The average molecular weight is 306 g/mol. The molecular weight excluding hydrogens is 280 g/mol. The quantitative estimate of drug-likeness (QED) is 0.861. The van der Waals surface area contributed by atoms with Crippen molar-refractivity contribution in [1.82, 2.24) is 4.90 Å². The van der Waals surface area contributed by atoms with Gasteiger partial charge in [-0.1, -0.05) is 0 Å². The molecule has 1 rings (SSSR count). The largest absolute Gasteiger partial charge is 0.444 e. The summed E-state index contributed by atoms with van der Waals surface area (Å²) in [6.45, 7) is 7.94. The lowest BCUT2D eigenvalue weighted by molar-refractivity contribution is 0.0137. The third-order valence-corrected chi connectivity index (χ3v) is 4.92. The lowest BCUT2D eigenvalue weighted by atomic mass is 9.94. The van der Waals surface area contributed by atoms with Gasteiger partial charge in [0.1, 0.15) is 5.60 Å². The molecule has 6 nitrogen and oxygen atoms in total. The van der Waals surface area contributed by atoms with Gasteiger partial charge >= 0.3 is 6.09 Å². The van der Waals surface area contributed by atoms with Crippen molar-refractivity contribution in [2.24, 2.45) is 5.14 Å². The third kappa shape index (κ3) is 4.94. The van der Waals surface area contributed by atoms with Crippen molar-refractivity contribution in [2.45, 2.75) is 70.3 Å². The van der Waals surface area contributed by atoms with Crippen LogP contribution in [0.5, 0.6) is 0 Å². The minimum absolute atomic E-state index is 0.0350. The molecule has 0 atom stereocenters. The molecule has 1 amide bonds. The Morgan fingerprint density at radius 1 is 1.25 bits per heavy atom. The van der Waals surface area contributed by atoms with E-state index >= 15 is 0 Å². The number of nitrogens with two attached hydrogens (primary N) is 1. The van der Waals surface area contributed by atoms with Crippen LogP contribution in [-0.4, -0.2) is 42.8 Å². The van der Waals surface area contributed by atoms with E-state index in [2.05, 4.69) is 0 Å². The Morgan fingerprint density at radius 3 is 2.10 bits per heavy atom. The van der Waals surface area contributed by atoms with Crippen LogP contribution in [-0.2, 0) is 14.8 Å². The molecule has 118 valence electrons. The molecule has 0 aromatic carbocycles. The fourth-order valence-corrected chi connectivity index (χ4v) is 3.47. The van der Waals surface area contributed by atoms with Crippen LogP contribution in [0.1, 0.15) is 53.4 Å². The number of carbonyl (C=O) groups is 1. The van der Waals surface area contributed by atoms with Gasteiger partial charge in [-0.15, -0.1) is 0 Å². The highest BCUT2D eigenvalue weighted by atomic mass is 32.2. The summed E-state index contributed by atoms with van der Waals surface area (Å²) in [5, 5.41) is 4.70. The zero-order valence-electron chi connectivity index (χ0n) is 12.8. The number of hydrogen-bond acceptors (Lipinski definition) is 4. The number of amides is 1. The average Bonchev–Trinajstić information content (AvgIpc) is 2.27. The number of ether oxygens (including phenoxy) is 1. The van der Waals surface area contributed by atoms with E-state index in [-0.39, 0.29) is 12.1 Å². The summed E-state index contributed by atoms with van der Waals surface area (Å²) in [6, 6.07) is 0.0350. The minimum Gasteiger partial charge on any atom is -0.444 e. The lowest BCUT2D eigenvalue weighted by Gasteiger charge is -2.36. The molecule has 0 aliphatic heterocycles. The van der Waals surface area contributed by atoms with E-state index < -0.39 is 20.9 Å². The first-order valence-electron chi connectivity index (χ1n) is 7.06. The molecule has 0 spiro atoms. The van der Waals surface area contributed by atoms with Crippen LogP contribution in [0.3, 0.4) is 0 Å². The number of carbonyl (C=O) groups excluding carboxylic acids is 1. The molecule has 0 bridgehead atoms. The van der Waals surface area contributed by atoms with Crippen LogP contribution in [0, 0.1) is 0 Å². The summed E-state index contributed by atoms with van der Waals surface area (Å²) >= 11 is 0. The van der Waals surface area contributed by atoms with Gasteiger partial charge < -0.3 is 9.64 Å². The molecule has 2 N–H and O–H groups in total. The van der Waals surface area contributed by atoms with Crippen molar-refractivity contribution in [3.05, 3.63) is 0 Å². The van der Waals surface area contributed by atoms with Gasteiger partial charge in [-0.3, -0.25) is 0 Å². The minimum atomic E-state index is -3.47.